The smallest absolute Gasteiger partial charge is 0.285 e. The number of hydrogen-bond acceptors (Lipinski definition) is 2. The molecule has 1 rings (SSSR count). The average Bonchev–Trinajstić information content (AvgIpc) is 2.07. The molecule has 1 aliphatic heterocycles. The van der Waals surface area contributed by atoms with E-state index in [0.29, 0.717) is 0 Å². The summed E-state index contributed by atoms with van der Waals surface area (Å²) < 4.78 is 35.1. The highest BCUT2D eigenvalue weighted by Gasteiger charge is 2.32. The van der Waals surface area contributed by atoms with Gasteiger partial charge in [-0.1, -0.05) is 0 Å². The fourth-order valence-corrected chi connectivity index (χ4v) is 0.929. The first kappa shape index (κ1) is 9.05. The molecular formula is C6H6F3NO2. The molecule has 0 spiro atoms. The van der Waals surface area contributed by atoms with Gasteiger partial charge in [0.1, 0.15) is 0 Å². The van der Waals surface area contributed by atoms with Crippen LogP contribution in [0, 0.1) is 0 Å². The van der Waals surface area contributed by atoms with Gasteiger partial charge in [0, 0.05) is 6.08 Å². The summed E-state index contributed by atoms with van der Waals surface area (Å²) in [5.41, 5.74) is -0.116. The van der Waals surface area contributed by atoms with Crippen molar-refractivity contribution >= 4 is 5.91 Å². The molecule has 0 radical (unpaired) electrons. The summed E-state index contributed by atoms with van der Waals surface area (Å²) >= 11 is 0. The zero-order valence-corrected chi connectivity index (χ0v) is 5.93. The largest absolute Gasteiger partial charge is 0.392 e. The number of halogens is 3. The minimum atomic E-state index is -4.32. The predicted molar refractivity (Wildman–Crippen MR) is 32.3 cm³/mol. The molecule has 12 heavy (non-hydrogen) atoms. The Hall–Kier alpha value is -1.04. The fraction of sp³-hybridized carbons (Fsp3) is 0.500. The van der Waals surface area contributed by atoms with Crippen molar-refractivity contribution in [3.05, 3.63) is 11.6 Å². The van der Waals surface area contributed by atoms with Gasteiger partial charge in [0.25, 0.3) is 5.91 Å². The van der Waals surface area contributed by atoms with Crippen LogP contribution in [-0.2, 0) is 4.79 Å². The summed E-state index contributed by atoms with van der Waals surface area (Å²) in [6, 6.07) is 0. The van der Waals surface area contributed by atoms with Crippen LogP contribution in [0.3, 0.4) is 0 Å². The monoisotopic (exact) mass is 181 g/mol. The van der Waals surface area contributed by atoms with E-state index in [1.165, 1.54) is 0 Å². The summed E-state index contributed by atoms with van der Waals surface area (Å²) in [4.78, 5) is 10.5. The Kier molecular flexibility index (Phi) is 2.10. The Morgan fingerprint density at radius 2 is 2.17 bits per heavy atom. The number of amides is 1. The van der Waals surface area contributed by atoms with Crippen LogP contribution < -0.4 is 0 Å². The van der Waals surface area contributed by atoms with Crippen LogP contribution in [0.4, 0.5) is 13.2 Å². The van der Waals surface area contributed by atoms with Crippen molar-refractivity contribution in [1.29, 1.82) is 0 Å². The van der Waals surface area contributed by atoms with Crippen molar-refractivity contribution in [2.45, 2.75) is 12.6 Å². The van der Waals surface area contributed by atoms with Gasteiger partial charge < -0.3 is 0 Å². The molecule has 3 nitrogen and oxygen atoms in total. The van der Waals surface area contributed by atoms with Crippen molar-refractivity contribution < 1.29 is 23.2 Å². The van der Waals surface area contributed by atoms with Crippen LogP contribution in [0.15, 0.2) is 11.6 Å². The summed E-state index contributed by atoms with van der Waals surface area (Å²) in [5.74, 6) is -0.797. The van der Waals surface area contributed by atoms with Crippen molar-refractivity contribution in [2.24, 2.45) is 0 Å². The van der Waals surface area contributed by atoms with E-state index in [0.717, 1.165) is 6.08 Å². The normalized spacial score (nSPS) is 18.5. The molecule has 1 aliphatic rings. The lowest BCUT2D eigenvalue weighted by molar-refractivity contribution is -0.155. The molecule has 0 unspecified atom stereocenters. The van der Waals surface area contributed by atoms with E-state index in [-0.39, 0.29) is 17.2 Å². The molecule has 68 valence electrons. The summed E-state index contributed by atoms with van der Waals surface area (Å²) in [6.45, 7) is -0.349. The third kappa shape index (κ3) is 2.23. The molecule has 0 aromatic carbocycles. The van der Waals surface area contributed by atoms with Crippen molar-refractivity contribution in [1.82, 2.24) is 5.06 Å². The predicted octanol–water partition coefficient (Wildman–Crippen LogP) is 1.10. The van der Waals surface area contributed by atoms with Gasteiger partial charge in [0.2, 0.25) is 0 Å². The molecule has 6 heteroatoms. The molecule has 0 bridgehead atoms. The third-order valence-electron chi connectivity index (χ3n) is 1.36. The number of alkyl halides is 3. The Balaban J connectivity index is 2.57. The van der Waals surface area contributed by atoms with Gasteiger partial charge in [-0.2, -0.15) is 13.2 Å². The van der Waals surface area contributed by atoms with E-state index in [2.05, 4.69) is 0 Å². The Morgan fingerprint density at radius 1 is 1.58 bits per heavy atom. The fourth-order valence-electron chi connectivity index (χ4n) is 0.929. The topological polar surface area (TPSA) is 40.5 Å². The SMILES string of the molecule is O=C1C=C(CC(F)(F)F)CN1O. The second kappa shape index (κ2) is 2.78. The van der Waals surface area contributed by atoms with Gasteiger partial charge in [-0.15, -0.1) is 0 Å². The molecule has 0 fully saturated rings. The number of carbonyl (C=O) groups excluding carboxylic acids is 1. The van der Waals surface area contributed by atoms with Gasteiger partial charge in [-0.05, 0) is 5.57 Å². The van der Waals surface area contributed by atoms with Gasteiger partial charge >= 0.3 is 6.18 Å². The third-order valence-corrected chi connectivity index (χ3v) is 1.36. The van der Waals surface area contributed by atoms with Gasteiger partial charge in [0.15, 0.2) is 0 Å². The number of nitrogens with zero attached hydrogens (tertiary/aromatic N) is 1. The van der Waals surface area contributed by atoms with Crippen LogP contribution in [0.2, 0.25) is 0 Å². The standard InChI is InChI=1S/C6H6F3NO2/c7-6(8,9)2-4-1-5(11)10(12)3-4/h1,12H,2-3H2. The van der Waals surface area contributed by atoms with Crippen molar-refractivity contribution in [2.75, 3.05) is 6.54 Å². The molecule has 1 heterocycles. The highest BCUT2D eigenvalue weighted by molar-refractivity contribution is 5.90. The second-order valence-electron chi connectivity index (χ2n) is 2.49. The maximum atomic E-state index is 11.7. The maximum absolute atomic E-state index is 11.7. The van der Waals surface area contributed by atoms with Crippen LogP contribution in [0.1, 0.15) is 6.42 Å². The maximum Gasteiger partial charge on any atom is 0.392 e. The number of hydrogen-bond donors (Lipinski definition) is 1. The molecule has 0 saturated heterocycles. The van der Waals surface area contributed by atoms with Crippen LogP contribution in [-0.4, -0.2) is 28.9 Å². The Bertz CT molecular complexity index is 233. The molecule has 1 amide bonds. The molecular weight excluding hydrogens is 175 g/mol. The lowest BCUT2D eigenvalue weighted by Crippen LogP contribution is -2.21. The molecule has 0 saturated carbocycles. The van der Waals surface area contributed by atoms with E-state index in [4.69, 9.17) is 5.21 Å². The Morgan fingerprint density at radius 3 is 2.50 bits per heavy atom. The van der Waals surface area contributed by atoms with E-state index >= 15 is 0 Å². The van der Waals surface area contributed by atoms with Gasteiger partial charge in [-0.3, -0.25) is 10.0 Å². The first-order valence-electron chi connectivity index (χ1n) is 3.15. The lowest BCUT2D eigenvalue weighted by Gasteiger charge is -2.08. The number of hydroxylamine groups is 2. The van der Waals surface area contributed by atoms with E-state index in [9.17, 15) is 18.0 Å². The molecule has 0 atom stereocenters. The van der Waals surface area contributed by atoms with Crippen molar-refractivity contribution in [3.63, 3.8) is 0 Å². The zero-order valence-electron chi connectivity index (χ0n) is 5.93. The summed E-state index contributed by atoms with van der Waals surface area (Å²) in [7, 11) is 0. The van der Waals surface area contributed by atoms with Gasteiger partial charge in [-0.25, -0.2) is 5.06 Å². The molecule has 0 aromatic rings. The first-order chi connectivity index (χ1) is 5.38. The van der Waals surface area contributed by atoms with Crippen LogP contribution in [0.5, 0.6) is 0 Å². The lowest BCUT2D eigenvalue weighted by atomic mass is 10.2. The van der Waals surface area contributed by atoms with Crippen LogP contribution in [0.25, 0.3) is 0 Å². The molecule has 0 aliphatic carbocycles. The highest BCUT2D eigenvalue weighted by atomic mass is 19.4. The highest BCUT2D eigenvalue weighted by Crippen LogP contribution is 2.26. The van der Waals surface area contributed by atoms with Crippen molar-refractivity contribution in [3.8, 4) is 0 Å². The van der Waals surface area contributed by atoms with E-state index in [1.807, 2.05) is 0 Å². The minimum Gasteiger partial charge on any atom is -0.285 e. The van der Waals surface area contributed by atoms with E-state index in [1.54, 1.807) is 0 Å². The summed E-state index contributed by atoms with van der Waals surface area (Å²) in [6.07, 6.45) is -4.67. The first-order valence-corrected chi connectivity index (χ1v) is 3.15. The second-order valence-corrected chi connectivity index (χ2v) is 2.49. The summed E-state index contributed by atoms with van der Waals surface area (Å²) in [5, 5.41) is 8.88. The minimum absolute atomic E-state index is 0.116. The molecule has 0 aromatic heterocycles. The van der Waals surface area contributed by atoms with E-state index < -0.39 is 18.5 Å². The number of carbonyl (C=O) groups is 1. The number of rotatable bonds is 1. The molecule has 1 N–H and O–H groups in total. The zero-order chi connectivity index (χ0) is 9.35. The average molecular weight is 181 g/mol. The van der Waals surface area contributed by atoms with Gasteiger partial charge in [0.05, 0.1) is 13.0 Å². The quantitative estimate of drug-likeness (QED) is 0.615. The van der Waals surface area contributed by atoms with Crippen LogP contribution >= 0.6 is 0 Å². The Labute approximate surface area is 66.0 Å².